The Morgan fingerprint density at radius 1 is 0.559 bits per heavy atom. The first-order chi connectivity index (χ1) is 14.7. The zero-order chi connectivity index (χ0) is 27.2. The highest BCUT2D eigenvalue weighted by atomic mass is 28.4. The Labute approximate surface area is 216 Å². The van der Waals surface area contributed by atoms with Crippen molar-refractivity contribution < 1.29 is 13.3 Å². The van der Waals surface area contributed by atoms with Crippen molar-refractivity contribution in [3.05, 3.63) is 30.3 Å². The molecule has 1 aromatic rings. The third-order valence-electron chi connectivity index (χ3n) is 8.82. The quantitative estimate of drug-likeness (QED) is 0.265. The molecule has 0 aliphatic heterocycles. The fraction of sp³-hybridized carbons (Fsp3) is 0.778. The highest BCUT2D eigenvalue weighted by Crippen LogP contribution is 2.52. The molecule has 0 amide bonds. The largest absolute Gasteiger partial charge is 0.415 e. The Morgan fingerprint density at radius 2 is 1.00 bits per heavy atom. The van der Waals surface area contributed by atoms with Gasteiger partial charge in [-0.1, -0.05) is 63.8 Å². The summed E-state index contributed by atoms with van der Waals surface area (Å²) < 4.78 is 21.5. The fourth-order valence-electron chi connectivity index (χ4n) is 4.43. The summed E-state index contributed by atoms with van der Waals surface area (Å²) in [5.41, 5.74) is -0.408. The van der Waals surface area contributed by atoms with Crippen molar-refractivity contribution in [1.29, 1.82) is 0 Å². The van der Waals surface area contributed by atoms with E-state index in [-0.39, 0.29) is 15.5 Å². The van der Waals surface area contributed by atoms with Gasteiger partial charge in [0.15, 0.2) is 16.6 Å². The minimum atomic E-state index is -2.59. The maximum Gasteiger partial charge on any atom is 0.251 e. The maximum absolute atomic E-state index is 7.48. The van der Waals surface area contributed by atoms with Crippen LogP contribution in [0.15, 0.2) is 30.3 Å². The van der Waals surface area contributed by atoms with Gasteiger partial charge in [-0.2, -0.15) is 0 Å². The lowest BCUT2D eigenvalue weighted by Gasteiger charge is -2.57. The van der Waals surface area contributed by atoms with Crippen LogP contribution in [-0.2, 0) is 13.3 Å². The molecule has 0 N–H and O–H groups in total. The molecule has 0 fully saturated rings. The summed E-state index contributed by atoms with van der Waals surface area (Å²) in [7, 11) is -8.14. The molecule has 0 saturated carbocycles. The standard InChI is InChI=1S/C27H56O3Si4/c1-24(2,25(3,4)33(15,16)30-26(5,6)31(9,10)11)28-34(17,23-21-19-18-20-22-23)27(7,8)29-32(12,13)14/h18-22H,1-17H3. The lowest BCUT2D eigenvalue weighted by molar-refractivity contribution is 0.0190. The van der Waals surface area contributed by atoms with Crippen molar-refractivity contribution in [3.8, 4) is 0 Å². The zero-order valence-electron chi connectivity index (χ0n) is 25.6. The van der Waals surface area contributed by atoms with Crippen LogP contribution in [0.25, 0.3) is 0 Å². The molecule has 0 radical (unpaired) electrons. The molecule has 3 nitrogen and oxygen atoms in total. The van der Waals surface area contributed by atoms with Crippen LogP contribution >= 0.6 is 0 Å². The molecule has 198 valence electrons. The summed E-state index contributed by atoms with van der Waals surface area (Å²) in [6.07, 6.45) is 0. The molecular formula is C27H56O3Si4. The van der Waals surface area contributed by atoms with E-state index in [1.54, 1.807) is 0 Å². The van der Waals surface area contributed by atoms with Gasteiger partial charge in [0, 0.05) is 10.3 Å². The van der Waals surface area contributed by atoms with Crippen LogP contribution in [0, 0.1) is 0 Å². The summed E-state index contributed by atoms with van der Waals surface area (Å²) in [5.74, 6) is 0. The third kappa shape index (κ3) is 6.64. The van der Waals surface area contributed by atoms with E-state index in [4.69, 9.17) is 13.3 Å². The molecule has 1 atom stereocenters. The van der Waals surface area contributed by atoms with Gasteiger partial charge in [-0.25, -0.2) is 0 Å². The third-order valence-corrected chi connectivity index (χ3v) is 23.5. The van der Waals surface area contributed by atoms with E-state index in [1.807, 2.05) is 0 Å². The summed E-state index contributed by atoms with van der Waals surface area (Å²) in [4.78, 5) is 0. The van der Waals surface area contributed by atoms with E-state index < -0.39 is 38.6 Å². The second-order valence-corrected chi connectivity index (χ2v) is 33.4. The van der Waals surface area contributed by atoms with Crippen molar-refractivity contribution >= 4 is 38.2 Å². The van der Waals surface area contributed by atoms with Gasteiger partial charge in [0.2, 0.25) is 0 Å². The van der Waals surface area contributed by atoms with Crippen LogP contribution in [0.1, 0.15) is 55.4 Å². The van der Waals surface area contributed by atoms with Gasteiger partial charge in [-0.05, 0) is 86.0 Å². The topological polar surface area (TPSA) is 27.7 Å². The van der Waals surface area contributed by atoms with E-state index in [0.717, 1.165) is 0 Å². The molecule has 0 aliphatic carbocycles. The molecule has 0 heterocycles. The van der Waals surface area contributed by atoms with Gasteiger partial charge in [0.25, 0.3) is 8.32 Å². The van der Waals surface area contributed by atoms with Crippen molar-refractivity contribution in [2.45, 2.75) is 135 Å². The number of rotatable bonds is 11. The van der Waals surface area contributed by atoms with Crippen molar-refractivity contribution in [1.82, 2.24) is 0 Å². The van der Waals surface area contributed by atoms with Gasteiger partial charge >= 0.3 is 0 Å². The predicted molar refractivity (Wildman–Crippen MR) is 161 cm³/mol. The van der Waals surface area contributed by atoms with E-state index in [0.29, 0.717) is 0 Å². The minimum absolute atomic E-state index is 0.101. The smallest absolute Gasteiger partial charge is 0.251 e. The fourth-order valence-corrected chi connectivity index (χ4v) is 15.9. The summed E-state index contributed by atoms with van der Waals surface area (Å²) in [6, 6.07) is 10.8. The molecule has 0 saturated heterocycles. The number of benzene rings is 1. The number of hydrogen-bond acceptors (Lipinski definition) is 3. The van der Waals surface area contributed by atoms with Gasteiger partial charge in [-0.3, -0.25) is 0 Å². The molecule has 0 spiro atoms. The molecule has 34 heavy (non-hydrogen) atoms. The van der Waals surface area contributed by atoms with E-state index in [1.165, 1.54) is 5.19 Å². The van der Waals surface area contributed by atoms with Crippen LogP contribution in [0.3, 0.4) is 0 Å². The van der Waals surface area contributed by atoms with E-state index in [9.17, 15) is 0 Å². The summed E-state index contributed by atoms with van der Waals surface area (Å²) >= 11 is 0. The van der Waals surface area contributed by atoms with Crippen LogP contribution in [0.2, 0.25) is 64.0 Å². The van der Waals surface area contributed by atoms with Gasteiger partial charge < -0.3 is 13.3 Å². The molecule has 7 heteroatoms. The first kappa shape index (κ1) is 32.0. The van der Waals surface area contributed by atoms with Crippen LogP contribution in [0.5, 0.6) is 0 Å². The molecular weight excluding hydrogens is 485 g/mol. The van der Waals surface area contributed by atoms with Crippen molar-refractivity contribution in [2.24, 2.45) is 0 Å². The second kappa shape index (κ2) is 9.69. The Hall–Kier alpha value is -0.0325. The van der Waals surface area contributed by atoms with Gasteiger partial charge in [0.05, 0.1) is 18.9 Å². The average molecular weight is 541 g/mol. The van der Waals surface area contributed by atoms with E-state index >= 15 is 0 Å². The number of hydrogen-bond donors (Lipinski definition) is 0. The first-order valence-corrected chi connectivity index (χ1v) is 25.1. The minimum Gasteiger partial charge on any atom is -0.415 e. The SMILES string of the molecule is CC(C)(O[Si](C)(c1ccccc1)C(C)(C)O[Si](C)(C)C)C(C)(C)[Si](C)(C)OC(C)(C)[Si](C)(C)C. The molecule has 0 bridgehead atoms. The van der Waals surface area contributed by atoms with Gasteiger partial charge in [0.1, 0.15) is 0 Å². The molecule has 1 aromatic carbocycles. The van der Waals surface area contributed by atoms with Crippen molar-refractivity contribution in [2.75, 3.05) is 0 Å². The molecule has 0 aliphatic rings. The molecule has 0 aromatic heterocycles. The average Bonchev–Trinajstić information content (AvgIpc) is 2.57. The van der Waals surface area contributed by atoms with Gasteiger partial charge in [-0.15, -0.1) is 0 Å². The summed E-state index contributed by atoms with van der Waals surface area (Å²) in [6.45, 7) is 39.5. The highest BCUT2D eigenvalue weighted by molar-refractivity contribution is 6.89. The zero-order valence-corrected chi connectivity index (χ0v) is 29.6. The second-order valence-electron chi connectivity index (χ2n) is 14.7. The Balaban J connectivity index is 3.57. The van der Waals surface area contributed by atoms with E-state index in [2.05, 4.69) is 145 Å². The predicted octanol–water partition coefficient (Wildman–Crippen LogP) is 8.09. The monoisotopic (exact) mass is 540 g/mol. The lowest BCUT2D eigenvalue weighted by atomic mass is 9.94. The van der Waals surface area contributed by atoms with Crippen LogP contribution in [-0.4, -0.2) is 49.1 Å². The molecule has 1 rings (SSSR count). The van der Waals surface area contributed by atoms with Crippen molar-refractivity contribution in [3.63, 3.8) is 0 Å². The Bertz CT molecular complexity index is 819. The van der Waals surface area contributed by atoms with Crippen LogP contribution in [0.4, 0.5) is 0 Å². The normalized spacial score (nSPS) is 17.0. The molecule has 1 unspecified atom stereocenters. The first-order valence-electron chi connectivity index (χ1n) is 12.9. The Morgan fingerprint density at radius 3 is 1.38 bits per heavy atom. The maximum atomic E-state index is 7.48. The summed E-state index contributed by atoms with van der Waals surface area (Å²) in [5, 5.41) is 0.659. The highest BCUT2D eigenvalue weighted by Gasteiger charge is 2.60. The Kier molecular flexibility index (Phi) is 9.12. The lowest BCUT2D eigenvalue weighted by Crippen LogP contribution is -2.71. The van der Waals surface area contributed by atoms with Crippen LogP contribution < -0.4 is 5.19 Å².